The fraction of sp³-hybridized carbons (Fsp3) is 0.647. The van der Waals surface area contributed by atoms with E-state index in [0.29, 0.717) is 23.9 Å². The van der Waals surface area contributed by atoms with Crippen LogP contribution < -0.4 is 10.6 Å². The average Bonchev–Trinajstić information content (AvgIpc) is 2.81. The van der Waals surface area contributed by atoms with E-state index in [0.717, 1.165) is 25.9 Å². The topological polar surface area (TPSA) is 24.1 Å². The second-order valence-corrected chi connectivity index (χ2v) is 13.8. The van der Waals surface area contributed by atoms with Crippen LogP contribution >= 0.6 is 0 Å². The van der Waals surface area contributed by atoms with Gasteiger partial charge in [-0.25, -0.2) is 0 Å². The molecular formula is C34H54N2. The number of rotatable bonds is 10. The molecule has 0 aromatic heterocycles. The Labute approximate surface area is 223 Å². The van der Waals surface area contributed by atoms with Gasteiger partial charge in [-0.1, -0.05) is 117 Å². The third kappa shape index (κ3) is 9.03. The second kappa shape index (κ2) is 12.7. The van der Waals surface area contributed by atoms with Gasteiger partial charge >= 0.3 is 0 Å². The van der Waals surface area contributed by atoms with Crippen molar-refractivity contribution in [3.63, 3.8) is 0 Å². The van der Waals surface area contributed by atoms with E-state index in [1.165, 1.54) is 47.9 Å². The Balaban J connectivity index is 1.44. The van der Waals surface area contributed by atoms with Crippen LogP contribution in [0.15, 0.2) is 48.5 Å². The smallest absolute Gasteiger partial charge is 0.0221 e. The normalized spacial score (nSPS) is 20.8. The molecule has 0 amide bonds. The van der Waals surface area contributed by atoms with Crippen molar-refractivity contribution in [2.75, 3.05) is 13.1 Å². The van der Waals surface area contributed by atoms with Gasteiger partial charge in [-0.3, -0.25) is 0 Å². The van der Waals surface area contributed by atoms with E-state index >= 15 is 0 Å². The summed E-state index contributed by atoms with van der Waals surface area (Å²) in [5, 5.41) is 7.92. The maximum Gasteiger partial charge on any atom is 0.0221 e. The van der Waals surface area contributed by atoms with Crippen molar-refractivity contribution in [1.82, 2.24) is 10.6 Å². The van der Waals surface area contributed by atoms with Crippen LogP contribution in [0.5, 0.6) is 0 Å². The standard InChI is InChI=1S/C34H54N2/c1-25(21-27-13-17-29(18-14-27)33(3,4)5)23-35-31-11-9-10-12-32(31)36-24-26(2)22-28-15-19-30(20-16-28)34(6,7)8/h13-20,25-26,31-32,35-36H,9-12,21-24H2,1-8H3. The second-order valence-electron chi connectivity index (χ2n) is 13.8. The first-order valence-electron chi connectivity index (χ1n) is 14.6. The van der Waals surface area contributed by atoms with Crippen LogP contribution in [0.4, 0.5) is 0 Å². The molecule has 4 unspecified atom stereocenters. The van der Waals surface area contributed by atoms with Crippen LogP contribution in [0.3, 0.4) is 0 Å². The highest BCUT2D eigenvalue weighted by molar-refractivity contribution is 5.28. The van der Waals surface area contributed by atoms with Gasteiger partial charge < -0.3 is 10.6 Å². The lowest BCUT2D eigenvalue weighted by Gasteiger charge is -2.34. The molecule has 0 heterocycles. The maximum atomic E-state index is 3.96. The minimum absolute atomic E-state index is 0.225. The number of hydrogen-bond acceptors (Lipinski definition) is 2. The number of benzene rings is 2. The zero-order valence-electron chi connectivity index (χ0n) is 24.6. The van der Waals surface area contributed by atoms with Gasteiger partial charge in [-0.2, -0.15) is 0 Å². The Morgan fingerprint density at radius 2 is 0.944 bits per heavy atom. The van der Waals surface area contributed by atoms with E-state index in [9.17, 15) is 0 Å². The highest BCUT2D eigenvalue weighted by Crippen LogP contribution is 2.25. The van der Waals surface area contributed by atoms with Gasteiger partial charge in [0, 0.05) is 12.1 Å². The highest BCUT2D eigenvalue weighted by atomic mass is 15.0. The molecule has 2 heteroatoms. The minimum atomic E-state index is 0.225. The van der Waals surface area contributed by atoms with Crippen molar-refractivity contribution in [2.24, 2.45) is 11.8 Å². The predicted octanol–water partition coefficient (Wildman–Crippen LogP) is 7.83. The predicted molar refractivity (Wildman–Crippen MR) is 158 cm³/mol. The molecule has 2 aromatic carbocycles. The summed E-state index contributed by atoms with van der Waals surface area (Å²) in [6.07, 6.45) is 7.60. The van der Waals surface area contributed by atoms with Crippen molar-refractivity contribution in [2.45, 2.75) is 117 Å². The van der Waals surface area contributed by atoms with E-state index < -0.39 is 0 Å². The molecule has 0 spiro atoms. The maximum absolute atomic E-state index is 3.96. The number of nitrogens with one attached hydrogen (secondary N) is 2. The van der Waals surface area contributed by atoms with Gasteiger partial charge in [0.15, 0.2) is 0 Å². The van der Waals surface area contributed by atoms with Crippen LogP contribution in [0, 0.1) is 11.8 Å². The van der Waals surface area contributed by atoms with Gasteiger partial charge in [-0.15, -0.1) is 0 Å². The van der Waals surface area contributed by atoms with E-state index in [1.54, 1.807) is 0 Å². The van der Waals surface area contributed by atoms with Crippen molar-refractivity contribution < 1.29 is 0 Å². The summed E-state index contributed by atoms with van der Waals surface area (Å²) >= 11 is 0. The quantitative estimate of drug-likeness (QED) is 0.354. The average molecular weight is 491 g/mol. The lowest BCUT2D eigenvalue weighted by atomic mass is 9.86. The zero-order valence-corrected chi connectivity index (χ0v) is 24.6. The van der Waals surface area contributed by atoms with Crippen LogP contribution in [0.2, 0.25) is 0 Å². The van der Waals surface area contributed by atoms with E-state index in [4.69, 9.17) is 0 Å². The van der Waals surface area contributed by atoms with E-state index in [1.807, 2.05) is 0 Å². The Kier molecular flexibility index (Phi) is 10.2. The molecule has 0 aliphatic heterocycles. The van der Waals surface area contributed by atoms with Crippen LogP contribution in [0.25, 0.3) is 0 Å². The monoisotopic (exact) mass is 490 g/mol. The molecule has 0 radical (unpaired) electrons. The summed E-state index contributed by atoms with van der Waals surface area (Å²) in [5.41, 5.74) is 6.21. The van der Waals surface area contributed by atoms with Crippen LogP contribution in [0.1, 0.15) is 103 Å². The fourth-order valence-corrected chi connectivity index (χ4v) is 5.56. The van der Waals surface area contributed by atoms with Gasteiger partial charge in [0.25, 0.3) is 0 Å². The summed E-state index contributed by atoms with van der Waals surface area (Å²) < 4.78 is 0. The lowest BCUT2D eigenvalue weighted by Crippen LogP contribution is -2.51. The van der Waals surface area contributed by atoms with Gasteiger partial charge in [0.2, 0.25) is 0 Å². The molecule has 1 aliphatic carbocycles. The summed E-state index contributed by atoms with van der Waals surface area (Å²) in [6.45, 7) is 20.7. The van der Waals surface area contributed by atoms with Gasteiger partial charge in [0.05, 0.1) is 0 Å². The third-order valence-electron chi connectivity index (χ3n) is 8.03. The molecule has 3 rings (SSSR count). The van der Waals surface area contributed by atoms with Crippen molar-refractivity contribution in [1.29, 1.82) is 0 Å². The molecule has 4 atom stereocenters. The molecular weight excluding hydrogens is 436 g/mol. The molecule has 0 saturated heterocycles. The highest BCUT2D eigenvalue weighted by Gasteiger charge is 2.25. The first-order valence-corrected chi connectivity index (χ1v) is 14.6. The molecule has 1 aliphatic rings. The molecule has 36 heavy (non-hydrogen) atoms. The Morgan fingerprint density at radius 1 is 0.611 bits per heavy atom. The largest absolute Gasteiger partial charge is 0.312 e. The van der Waals surface area contributed by atoms with E-state index in [2.05, 4.69) is 115 Å². The molecule has 2 nitrogen and oxygen atoms in total. The molecule has 1 fully saturated rings. The fourth-order valence-electron chi connectivity index (χ4n) is 5.56. The molecule has 2 N–H and O–H groups in total. The Bertz CT molecular complexity index is 821. The molecule has 1 saturated carbocycles. The van der Waals surface area contributed by atoms with Crippen LogP contribution in [-0.4, -0.2) is 25.2 Å². The summed E-state index contributed by atoms with van der Waals surface area (Å²) in [5.74, 6) is 1.28. The van der Waals surface area contributed by atoms with Crippen LogP contribution in [-0.2, 0) is 23.7 Å². The molecule has 2 aromatic rings. The Hall–Kier alpha value is -1.64. The van der Waals surface area contributed by atoms with Crippen molar-refractivity contribution >= 4 is 0 Å². The Morgan fingerprint density at radius 3 is 1.25 bits per heavy atom. The minimum Gasteiger partial charge on any atom is -0.312 e. The SMILES string of the molecule is CC(CNC1CCCCC1NCC(C)Cc1ccc(C(C)(C)C)cc1)Cc1ccc(C(C)(C)C)cc1. The van der Waals surface area contributed by atoms with Gasteiger partial charge in [-0.05, 0) is 83.7 Å². The lowest BCUT2D eigenvalue weighted by molar-refractivity contribution is 0.265. The molecule has 0 bridgehead atoms. The molecule has 200 valence electrons. The summed E-state index contributed by atoms with van der Waals surface area (Å²) in [7, 11) is 0. The van der Waals surface area contributed by atoms with Crippen molar-refractivity contribution in [3.05, 3.63) is 70.8 Å². The van der Waals surface area contributed by atoms with Crippen molar-refractivity contribution in [3.8, 4) is 0 Å². The summed E-state index contributed by atoms with van der Waals surface area (Å²) in [4.78, 5) is 0. The first-order chi connectivity index (χ1) is 16.9. The summed E-state index contributed by atoms with van der Waals surface area (Å²) in [6, 6.07) is 19.8. The number of hydrogen-bond donors (Lipinski definition) is 2. The van der Waals surface area contributed by atoms with E-state index in [-0.39, 0.29) is 10.8 Å². The third-order valence-corrected chi connectivity index (χ3v) is 8.03. The first kappa shape index (κ1) is 28.9. The zero-order chi connectivity index (χ0) is 26.3. The van der Waals surface area contributed by atoms with Gasteiger partial charge in [0.1, 0.15) is 0 Å².